The number of fused-ring (bicyclic) bond motifs is 1. The van der Waals surface area contributed by atoms with Crippen molar-refractivity contribution in [2.24, 2.45) is 0 Å². The topological polar surface area (TPSA) is 68.0 Å². The van der Waals surface area contributed by atoms with E-state index < -0.39 is 0 Å². The third-order valence-corrected chi connectivity index (χ3v) is 4.57. The average Bonchev–Trinajstić information content (AvgIpc) is 2.76. The molecule has 0 unspecified atom stereocenters. The first-order chi connectivity index (χ1) is 9.24. The normalized spacial score (nSPS) is 10.5. The molecule has 0 fully saturated rings. The smallest absolute Gasteiger partial charge is 0.263 e. The Labute approximate surface area is 120 Å². The van der Waals surface area contributed by atoms with Crippen molar-refractivity contribution < 1.29 is 4.79 Å². The lowest BCUT2D eigenvalue weighted by Gasteiger charge is -2.03. The van der Waals surface area contributed by atoms with Crippen LogP contribution in [0.4, 0.5) is 5.69 Å². The van der Waals surface area contributed by atoms with E-state index in [1.54, 1.807) is 18.0 Å². The minimum absolute atomic E-state index is 0.125. The van der Waals surface area contributed by atoms with Crippen molar-refractivity contribution in [1.82, 2.24) is 10.3 Å². The highest BCUT2D eigenvalue weighted by molar-refractivity contribution is 7.99. The van der Waals surface area contributed by atoms with Crippen molar-refractivity contribution >= 4 is 44.9 Å². The number of hydrogen-bond acceptors (Lipinski definition) is 5. The fourth-order valence-electron chi connectivity index (χ4n) is 1.60. The number of thioether (sulfide) groups is 1. The Kier molecular flexibility index (Phi) is 4.81. The Bertz CT molecular complexity index is 595. The molecule has 2 heterocycles. The molecule has 0 atom stereocenters. The van der Waals surface area contributed by atoms with E-state index in [4.69, 9.17) is 5.73 Å². The summed E-state index contributed by atoms with van der Waals surface area (Å²) >= 11 is 3.06. The van der Waals surface area contributed by atoms with Crippen LogP contribution in [0.3, 0.4) is 0 Å². The Hall–Kier alpha value is -1.53. The number of nitrogens with one attached hydrogen (secondary N) is 1. The van der Waals surface area contributed by atoms with Gasteiger partial charge in [-0.05, 0) is 12.1 Å². The van der Waals surface area contributed by atoms with Crippen LogP contribution in [0.2, 0.25) is 0 Å². The molecule has 0 aromatic carbocycles. The predicted octanol–water partition coefficient (Wildman–Crippen LogP) is 2.53. The summed E-state index contributed by atoms with van der Waals surface area (Å²) in [5.41, 5.74) is 6.50. The second-order valence-corrected chi connectivity index (χ2v) is 5.97. The summed E-state index contributed by atoms with van der Waals surface area (Å²) in [4.78, 5) is 17.6. The summed E-state index contributed by atoms with van der Waals surface area (Å²) in [6, 6.07) is 3.70. The SMILES string of the molecule is C=CCSCCNC(=O)c1sc2ncccc2c1N. The minimum Gasteiger partial charge on any atom is -0.397 e. The molecular formula is C13H15N3OS2. The fourth-order valence-corrected chi connectivity index (χ4v) is 3.16. The number of nitrogens with zero attached hydrogens (tertiary/aromatic N) is 1. The van der Waals surface area contributed by atoms with Crippen LogP contribution >= 0.6 is 23.1 Å². The standard InChI is InChI=1S/C13H15N3OS2/c1-2-7-18-8-6-15-12(17)11-10(14)9-4-3-5-16-13(9)19-11/h2-5H,1,6-8,14H2,(H,15,17). The van der Waals surface area contributed by atoms with Crippen LogP contribution < -0.4 is 11.1 Å². The van der Waals surface area contributed by atoms with E-state index in [0.717, 1.165) is 21.7 Å². The summed E-state index contributed by atoms with van der Waals surface area (Å²) in [6.45, 7) is 4.27. The van der Waals surface area contributed by atoms with Gasteiger partial charge in [0.2, 0.25) is 0 Å². The van der Waals surface area contributed by atoms with Gasteiger partial charge in [0.15, 0.2) is 0 Å². The molecule has 1 amide bonds. The van der Waals surface area contributed by atoms with Gasteiger partial charge in [0.25, 0.3) is 5.91 Å². The summed E-state index contributed by atoms with van der Waals surface area (Å²) in [6.07, 6.45) is 3.55. The van der Waals surface area contributed by atoms with Crippen LogP contribution in [0.25, 0.3) is 10.2 Å². The lowest BCUT2D eigenvalue weighted by Crippen LogP contribution is -2.25. The van der Waals surface area contributed by atoms with E-state index in [1.165, 1.54) is 11.3 Å². The first-order valence-electron chi connectivity index (χ1n) is 5.84. The van der Waals surface area contributed by atoms with Crippen molar-refractivity contribution in [3.63, 3.8) is 0 Å². The molecule has 19 heavy (non-hydrogen) atoms. The lowest BCUT2D eigenvalue weighted by atomic mass is 10.2. The number of aromatic nitrogens is 1. The maximum absolute atomic E-state index is 12.0. The van der Waals surface area contributed by atoms with E-state index in [1.807, 2.05) is 18.2 Å². The van der Waals surface area contributed by atoms with E-state index in [9.17, 15) is 4.79 Å². The molecule has 0 saturated carbocycles. The number of amides is 1. The summed E-state index contributed by atoms with van der Waals surface area (Å²) in [5, 5.41) is 3.71. The second-order valence-electron chi connectivity index (χ2n) is 3.82. The third kappa shape index (κ3) is 3.27. The molecular weight excluding hydrogens is 278 g/mol. The highest BCUT2D eigenvalue weighted by Gasteiger charge is 2.16. The molecule has 2 aromatic rings. The largest absolute Gasteiger partial charge is 0.397 e. The molecule has 0 aliphatic carbocycles. The number of pyridine rings is 1. The van der Waals surface area contributed by atoms with Crippen LogP contribution in [0.5, 0.6) is 0 Å². The van der Waals surface area contributed by atoms with Crippen LogP contribution in [0, 0.1) is 0 Å². The molecule has 2 rings (SSSR count). The number of carbonyl (C=O) groups is 1. The molecule has 3 N–H and O–H groups in total. The molecule has 0 spiro atoms. The number of rotatable bonds is 6. The average molecular weight is 293 g/mol. The number of carbonyl (C=O) groups excluding carboxylic acids is 1. The first-order valence-corrected chi connectivity index (χ1v) is 7.81. The van der Waals surface area contributed by atoms with Gasteiger partial charge in [-0.25, -0.2) is 4.98 Å². The predicted molar refractivity (Wildman–Crippen MR) is 83.9 cm³/mol. The number of nitrogens with two attached hydrogens (primary N) is 1. The number of hydrogen-bond donors (Lipinski definition) is 2. The zero-order valence-corrected chi connectivity index (χ0v) is 12.0. The van der Waals surface area contributed by atoms with E-state index in [-0.39, 0.29) is 5.91 Å². The fraction of sp³-hybridized carbons (Fsp3) is 0.231. The zero-order valence-electron chi connectivity index (χ0n) is 10.4. The third-order valence-electron chi connectivity index (χ3n) is 2.48. The molecule has 0 aliphatic heterocycles. The molecule has 0 radical (unpaired) electrons. The zero-order chi connectivity index (χ0) is 13.7. The summed E-state index contributed by atoms with van der Waals surface area (Å²) in [5.74, 6) is 1.63. The van der Waals surface area contributed by atoms with Crippen molar-refractivity contribution in [3.8, 4) is 0 Å². The summed E-state index contributed by atoms with van der Waals surface area (Å²) in [7, 11) is 0. The highest BCUT2D eigenvalue weighted by Crippen LogP contribution is 2.31. The molecule has 6 heteroatoms. The number of anilines is 1. The summed E-state index contributed by atoms with van der Waals surface area (Å²) < 4.78 is 0. The van der Waals surface area contributed by atoms with E-state index >= 15 is 0 Å². The van der Waals surface area contributed by atoms with Crippen LogP contribution in [0.15, 0.2) is 31.0 Å². The lowest BCUT2D eigenvalue weighted by molar-refractivity contribution is 0.0961. The maximum atomic E-state index is 12.0. The highest BCUT2D eigenvalue weighted by atomic mass is 32.2. The molecule has 4 nitrogen and oxygen atoms in total. The van der Waals surface area contributed by atoms with Gasteiger partial charge in [-0.1, -0.05) is 6.08 Å². The molecule has 0 saturated heterocycles. The van der Waals surface area contributed by atoms with Crippen LogP contribution in [-0.2, 0) is 0 Å². The van der Waals surface area contributed by atoms with Gasteiger partial charge in [0.05, 0.1) is 5.69 Å². The monoisotopic (exact) mass is 293 g/mol. The molecule has 100 valence electrons. The van der Waals surface area contributed by atoms with Gasteiger partial charge in [-0.15, -0.1) is 17.9 Å². The molecule has 0 aliphatic rings. The Balaban J connectivity index is 2.01. The maximum Gasteiger partial charge on any atom is 0.263 e. The van der Waals surface area contributed by atoms with Gasteiger partial charge >= 0.3 is 0 Å². The minimum atomic E-state index is -0.125. The Morgan fingerprint density at radius 1 is 1.63 bits per heavy atom. The second kappa shape index (κ2) is 6.58. The molecule has 0 bridgehead atoms. The van der Waals surface area contributed by atoms with E-state index in [0.29, 0.717) is 17.1 Å². The quantitative estimate of drug-likeness (QED) is 0.634. The van der Waals surface area contributed by atoms with Crippen molar-refractivity contribution in [2.45, 2.75) is 0 Å². The van der Waals surface area contributed by atoms with E-state index in [2.05, 4.69) is 16.9 Å². The van der Waals surface area contributed by atoms with Crippen LogP contribution in [0.1, 0.15) is 9.67 Å². The van der Waals surface area contributed by atoms with Gasteiger partial charge in [0.1, 0.15) is 9.71 Å². The van der Waals surface area contributed by atoms with Crippen molar-refractivity contribution in [2.75, 3.05) is 23.8 Å². The van der Waals surface area contributed by atoms with Gasteiger partial charge in [0, 0.05) is 29.6 Å². The Morgan fingerprint density at radius 3 is 3.21 bits per heavy atom. The van der Waals surface area contributed by atoms with Crippen molar-refractivity contribution in [3.05, 3.63) is 35.9 Å². The van der Waals surface area contributed by atoms with Gasteiger partial charge < -0.3 is 11.1 Å². The number of nitrogen functional groups attached to an aromatic ring is 1. The molecule has 2 aromatic heterocycles. The number of thiophene rings is 1. The van der Waals surface area contributed by atoms with Gasteiger partial charge in [-0.2, -0.15) is 11.8 Å². The van der Waals surface area contributed by atoms with Crippen LogP contribution in [-0.4, -0.2) is 28.9 Å². The Morgan fingerprint density at radius 2 is 2.47 bits per heavy atom. The van der Waals surface area contributed by atoms with Crippen molar-refractivity contribution in [1.29, 1.82) is 0 Å². The first kappa shape index (κ1) is 13.9. The van der Waals surface area contributed by atoms with Gasteiger partial charge in [-0.3, -0.25) is 4.79 Å².